The summed E-state index contributed by atoms with van der Waals surface area (Å²) in [5.41, 5.74) is 26.1. The number of primary amides is 2. The molecular formula is C93H127N21O18S. The second-order valence-corrected chi connectivity index (χ2v) is 36.3. The molecule has 40 heteroatoms. The van der Waals surface area contributed by atoms with Crippen LogP contribution in [0.15, 0.2) is 109 Å². The van der Waals surface area contributed by atoms with Gasteiger partial charge in [0.1, 0.15) is 89.8 Å². The number of fused-ring (bicyclic) bond motifs is 5. The van der Waals surface area contributed by atoms with Crippen LogP contribution >= 0.6 is 11.8 Å². The van der Waals surface area contributed by atoms with Crippen molar-refractivity contribution >= 4 is 134 Å². The van der Waals surface area contributed by atoms with Gasteiger partial charge in [-0.25, -0.2) is 0 Å². The first-order valence-electron chi connectivity index (χ1n) is 45.4. The quantitative estimate of drug-likeness (QED) is 0.0402. The SMILES string of the molecule is CCCC[C@H]1C(=O)N(C)[C@@H](CCCC)C(=O)NC2(Cc3ccccc3C2)C(=O)N[C@H](C(=O)NCC(N)=O)CSCC(=O)N[C@@H](Cc2ccc(O)cc2)C(=O)N(C)[C@@H](C)C(=O)N[C@@H](CC(N)=O)C(=O)N2CCC[C@H]2C(=O)N[C@@H](CN)C(=O)N[C@@H](CC(C)C)C(=O)N2CCC[C@H]2C(=O)N[C@@H](Cc2c[nH]c3ccccc23)C(=O)N[C@@H](CCN)C(=O)N[C@@H](Cc2c[nH]c3ccccc23)C(=O)N1C. The topological polar surface area (TPSA) is 583 Å². The smallest absolute Gasteiger partial charge is 0.247 e. The van der Waals surface area contributed by atoms with Gasteiger partial charge in [-0.3, -0.25) is 81.5 Å². The minimum Gasteiger partial charge on any atom is -0.508 e. The summed E-state index contributed by atoms with van der Waals surface area (Å²) in [4.78, 5) is 264. The monoisotopic (exact) mass is 1860 g/mol. The van der Waals surface area contributed by atoms with E-state index in [2.05, 4.69) is 63.1 Å². The Morgan fingerprint density at radius 1 is 0.519 bits per heavy atom. The Morgan fingerprint density at radius 2 is 1.01 bits per heavy atom. The number of carbonyl (C=O) groups excluding carboxylic acids is 17. The summed E-state index contributed by atoms with van der Waals surface area (Å²) in [6.45, 7) is 7.18. The van der Waals surface area contributed by atoms with Crippen molar-refractivity contribution < 1.29 is 86.6 Å². The minimum absolute atomic E-state index is 0.0136. The van der Waals surface area contributed by atoms with Crippen molar-refractivity contribution in [3.8, 4) is 5.75 Å². The van der Waals surface area contributed by atoms with Crippen LogP contribution in [0.4, 0.5) is 0 Å². The van der Waals surface area contributed by atoms with Crippen molar-refractivity contribution in [1.82, 2.24) is 87.6 Å². The number of benzene rings is 4. The lowest BCUT2D eigenvalue weighted by atomic mass is 9.92. The zero-order chi connectivity index (χ0) is 96.7. The Bertz CT molecular complexity index is 5210. The molecule has 4 aliphatic rings. The van der Waals surface area contributed by atoms with Crippen molar-refractivity contribution in [2.75, 3.05) is 65.4 Å². The van der Waals surface area contributed by atoms with E-state index in [4.69, 9.17) is 22.9 Å². The second-order valence-electron chi connectivity index (χ2n) is 35.2. The van der Waals surface area contributed by atoms with Crippen molar-refractivity contribution in [3.05, 3.63) is 137 Å². The average molecular weight is 1860 g/mol. The van der Waals surface area contributed by atoms with Gasteiger partial charge in [-0.2, -0.15) is 0 Å². The molecule has 39 nitrogen and oxygen atoms in total. The van der Waals surface area contributed by atoms with Crippen LogP contribution in [0.5, 0.6) is 5.75 Å². The molecule has 3 aliphatic heterocycles. The first kappa shape index (κ1) is 102. The predicted molar refractivity (Wildman–Crippen MR) is 495 cm³/mol. The molecule has 3 fully saturated rings. The van der Waals surface area contributed by atoms with Crippen LogP contribution in [-0.4, -0.2) is 289 Å². The Labute approximate surface area is 775 Å². The molecule has 1 aliphatic carbocycles. The third-order valence-corrected chi connectivity index (χ3v) is 26.1. The van der Waals surface area contributed by atoms with Gasteiger partial charge < -0.3 is 116 Å². The van der Waals surface area contributed by atoms with Crippen molar-refractivity contribution in [3.63, 3.8) is 0 Å². The fraction of sp³-hybridized carbons (Fsp3) is 0.516. The number of aromatic amines is 2. The molecule has 0 radical (unpaired) electrons. The molecule has 2 aromatic heterocycles. The molecule has 21 N–H and O–H groups in total. The Hall–Kier alpha value is -13.0. The van der Waals surface area contributed by atoms with Crippen molar-refractivity contribution in [1.29, 1.82) is 0 Å². The molecule has 4 aromatic carbocycles. The average Bonchev–Trinajstić information content (AvgIpc) is 1.62. The normalized spacial score (nSPS) is 24.6. The zero-order valence-corrected chi connectivity index (χ0v) is 77.3. The van der Waals surface area contributed by atoms with E-state index < -0.39 is 216 Å². The van der Waals surface area contributed by atoms with Gasteiger partial charge >= 0.3 is 0 Å². The molecule has 10 rings (SSSR count). The number of aromatic nitrogens is 2. The Balaban J connectivity index is 1.02. The molecular weight excluding hydrogens is 1730 g/mol. The van der Waals surface area contributed by atoms with Gasteiger partial charge in [-0.15, -0.1) is 11.8 Å². The number of para-hydroxylation sites is 2. The molecule has 6 aromatic rings. The number of amides is 17. The molecule has 0 unspecified atom stereocenters. The molecule has 1 spiro atoms. The number of phenolic OH excluding ortho intramolecular Hbond substituents is 1. The van der Waals surface area contributed by atoms with Crippen molar-refractivity contribution in [2.45, 2.75) is 234 Å². The molecule has 3 saturated heterocycles. The first-order valence-corrected chi connectivity index (χ1v) is 46.6. The van der Waals surface area contributed by atoms with E-state index >= 15 is 38.4 Å². The van der Waals surface area contributed by atoms with E-state index in [0.29, 0.717) is 81.7 Å². The fourth-order valence-corrected chi connectivity index (χ4v) is 18.5. The molecule has 0 bridgehead atoms. The highest BCUT2D eigenvalue weighted by atomic mass is 32.2. The number of phenols is 1. The van der Waals surface area contributed by atoms with Gasteiger partial charge in [-0.05, 0) is 123 Å². The number of nitrogens with two attached hydrogens (primary N) is 4. The maximum atomic E-state index is 15.9. The number of carbonyl (C=O) groups is 17. The number of rotatable bonds is 22. The van der Waals surface area contributed by atoms with E-state index in [1.54, 1.807) is 62.6 Å². The Kier molecular flexibility index (Phi) is 36.4. The number of nitrogens with one attached hydrogen (secondary N) is 12. The number of hydrogen-bond acceptors (Lipinski definition) is 21. The summed E-state index contributed by atoms with van der Waals surface area (Å²) < 4.78 is 0. The van der Waals surface area contributed by atoms with Crippen LogP contribution in [0.3, 0.4) is 0 Å². The van der Waals surface area contributed by atoms with Gasteiger partial charge in [0.25, 0.3) is 0 Å². The van der Waals surface area contributed by atoms with E-state index in [1.165, 1.54) is 67.0 Å². The maximum absolute atomic E-state index is 15.9. The summed E-state index contributed by atoms with van der Waals surface area (Å²) in [5.74, 6) is -16.0. The number of nitrogens with zero attached hydrogens (tertiary/aromatic N) is 5. The molecule has 5 heterocycles. The first-order chi connectivity index (χ1) is 63.5. The predicted octanol–water partition coefficient (Wildman–Crippen LogP) is -0.645. The number of aromatic hydroxyl groups is 1. The molecule has 133 heavy (non-hydrogen) atoms. The fourth-order valence-electron chi connectivity index (χ4n) is 17.6. The van der Waals surface area contributed by atoms with Crippen LogP contribution in [0.1, 0.15) is 146 Å². The van der Waals surface area contributed by atoms with Crippen LogP contribution in [0.2, 0.25) is 0 Å². The van der Waals surface area contributed by atoms with Crippen LogP contribution < -0.4 is 76.1 Å². The largest absolute Gasteiger partial charge is 0.508 e. The summed E-state index contributed by atoms with van der Waals surface area (Å²) in [7, 11) is 4.07. The summed E-state index contributed by atoms with van der Waals surface area (Å²) >= 11 is 0.811. The highest BCUT2D eigenvalue weighted by Gasteiger charge is 2.50. The molecule has 17 amide bonds. The maximum Gasteiger partial charge on any atom is 0.247 e. The summed E-state index contributed by atoms with van der Waals surface area (Å²) in [6.07, 6.45) is 4.01. The van der Waals surface area contributed by atoms with Gasteiger partial charge in [0.2, 0.25) is 100 Å². The standard InChI is InChI=1S/C93H127N21O18S/c1-9-11-27-72-86(126)109-93(44-55-21-13-14-22-56(55)45-93)92(132)108-71(80(120)100-49-77(97)117)50-133-51-78(118)101-67(40-54-31-33-59(115)34-32-54)87(127)110(6)53(5)79(119)104-69(43-76(96)116)90(130)114-38-20-30-74(114)85(125)107-70(46-95)83(123)105-66(39-52(3)4)89(129)113-37-19-29-73(113)84(124)103-65(41-57-47-98-62-25-17-15-23-60(57)62)82(122)102-64(35-36-94)81(121)106-68(42-58-48-99-63-26-18-16-24-61(58)63)88(128)112(8)75(28-12-10-2)91(131)111(72)7/h13-18,21-26,31-34,47-48,52-53,64-75,98-99,115H,9-12,19-20,27-30,35-46,49-51,94-95H2,1-8H3,(H2,96,116)(H2,97,117)(H,100,120)(H,101,118)(H,102,122)(H,103,124)(H,104,119)(H,105,123)(H,106,121)(H,107,125)(H,108,132)(H,109,126)/t53-,64-,65-,66-,67-,68-,69-,70-,71-,72-,73-,74-,75-/m0/s1. The van der Waals surface area contributed by atoms with E-state index in [9.17, 15) is 48.3 Å². The summed E-state index contributed by atoms with van der Waals surface area (Å²) in [5, 5.41) is 39.1. The van der Waals surface area contributed by atoms with Gasteiger partial charge in [0.15, 0.2) is 0 Å². The van der Waals surface area contributed by atoms with Crippen LogP contribution in [-0.2, 0) is 114 Å². The van der Waals surface area contributed by atoms with Crippen LogP contribution in [0.25, 0.3) is 21.8 Å². The molecule has 13 atom stereocenters. The van der Waals surface area contributed by atoms with E-state index in [0.717, 1.165) is 21.6 Å². The lowest BCUT2D eigenvalue weighted by molar-refractivity contribution is -0.150. The Morgan fingerprint density at radius 3 is 1.56 bits per heavy atom. The highest BCUT2D eigenvalue weighted by molar-refractivity contribution is 8.00. The number of unbranched alkanes of at least 4 members (excludes halogenated alkanes) is 2. The number of likely N-dealkylation sites (N-methyl/N-ethyl adjacent to an activating group) is 3. The highest BCUT2D eigenvalue weighted by Crippen LogP contribution is 2.33. The number of hydrogen-bond donors (Lipinski definition) is 17. The van der Waals surface area contributed by atoms with Gasteiger partial charge in [-0.1, -0.05) is 126 Å². The van der Waals surface area contributed by atoms with E-state index in [1.807, 2.05) is 50.2 Å². The summed E-state index contributed by atoms with van der Waals surface area (Å²) in [6, 6.07) is 8.28. The minimum atomic E-state index is -1.90. The third-order valence-electron chi connectivity index (χ3n) is 25.1. The number of thioether (sulfide) groups is 1. The lowest BCUT2D eigenvalue weighted by Crippen LogP contribution is -2.66. The third kappa shape index (κ3) is 26.3. The number of H-pyrrole nitrogens is 2. The second kappa shape index (κ2) is 47.4. The van der Waals surface area contributed by atoms with Crippen LogP contribution in [0, 0.1) is 5.92 Å². The lowest BCUT2D eigenvalue weighted by Gasteiger charge is -2.38. The van der Waals surface area contributed by atoms with Crippen molar-refractivity contribution in [2.24, 2.45) is 28.9 Å². The van der Waals surface area contributed by atoms with Gasteiger partial charge in [0.05, 0.1) is 18.7 Å². The van der Waals surface area contributed by atoms with Gasteiger partial charge in [0, 0.05) is 113 Å². The molecule has 718 valence electrons. The molecule has 0 saturated carbocycles. The zero-order valence-electron chi connectivity index (χ0n) is 76.5. The van der Waals surface area contributed by atoms with E-state index in [-0.39, 0.29) is 108 Å².